The zero-order valence-electron chi connectivity index (χ0n) is 10.6. The lowest BCUT2D eigenvalue weighted by Gasteiger charge is -2.18. The topological polar surface area (TPSA) is 38.7 Å². The lowest BCUT2D eigenvalue weighted by atomic mass is 10.2. The zero-order chi connectivity index (χ0) is 13.0. The van der Waals surface area contributed by atoms with E-state index in [1.54, 1.807) is 0 Å². The summed E-state index contributed by atoms with van der Waals surface area (Å²) in [5, 5.41) is 9.21. The molecule has 0 unspecified atom stereocenters. The van der Waals surface area contributed by atoms with E-state index in [-0.39, 0.29) is 6.61 Å². The summed E-state index contributed by atoms with van der Waals surface area (Å²) in [6.07, 6.45) is 4.99. The van der Waals surface area contributed by atoms with Gasteiger partial charge in [-0.2, -0.15) is 0 Å². The molecule has 0 aliphatic heterocycles. The van der Waals surface area contributed by atoms with Crippen molar-refractivity contribution in [3.8, 4) is 11.5 Å². The Morgan fingerprint density at radius 2 is 2.06 bits per heavy atom. The highest BCUT2D eigenvalue weighted by Gasteiger charge is 2.20. The summed E-state index contributed by atoms with van der Waals surface area (Å²) in [4.78, 5) is 0. The Labute approximate surface area is 116 Å². The largest absolute Gasteiger partial charge is 0.490 e. The molecule has 2 rings (SSSR count). The second kappa shape index (κ2) is 6.43. The average molecular weight is 315 g/mol. The monoisotopic (exact) mass is 314 g/mol. The number of ether oxygens (including phenoxy) is 2. The summed E-state index contributed by atoms with van der Waals surface area (Å²) < 4.78 is 12.5. The minimum Gasteiger partial charge on any atom is -0.490 e. The summed E-state index contributed by atoms with van der Waals surface area (Å²) in [7, 11) is 0. The summed E-state index contributed by atoms with van der Waals surface area (Å²) in [6, 6.07) is 3.73. The third kappa shape index (κ3) is 3.18. The summed E-state index contributed by atoms with van der Waals surface area (Å²) in [5.74, 6) is 1.48. The van der Waals surface area contributed by atoms with Crippen molar-refractivity contribution < 1.29 is 14.6 Å². The zero-order valence-corrected chi connectivity index (χ0v) is 12.2. The molecule has 0 saturated heterocycles. The van der Waals surface area contributed by atoms with Gasteiger partial charge in [0.1, 0.15) is 0 Å². The first-order valence-electron chi connectivity index (χ1n) is 6.47. The molecule has 100 valence electrons. The van der Waals surface area contributed by atoms with Crippen LogP contribution in [0.3, 0.4) is 0 Å². The molecule has 1 aromatic carbocycles. The molecule has 1 N–H and O–H groups in total. The van der Waals surface area contributed by atoms with Gasteiger partial charge in [-0.3, -0.25) is 0 Å². The van der Waals surface area contributed by atoms with Crippen LogP contribution >= 0.6 is 15.9 Å². The molecule has 0 amide bonds. The quantitative estimate of drug-likeness (QED) is 0.901. The van der Waals surface area contributed by atoms with Crippen molar-refractivity contribution in [2.75, 3.05) is 6.61 Å². The molecule has 1 aromatic rings. The second-order valence-corrected chi connectivity index (χ2v) is 5.37. The number of hydrogen-bond donors (Lipinski definition) is 1. The number of hydrogen-bond acceptors (Lipinski definition) is 3. The molecule has 3 nitrogen and oxygen atoms in total. The van der Waals surface area contributed by atoms with E-state index in [4.69, 9.17) is 9.47 Å². The third-order valence-corrected chi connectivity index (χ3v) is 3.73. The normalized spacial score (nSPS) is 15.9. The van der Waals surface area contributed by atoms with Gasteiger partial charge in [0.2, 0.25) is 0 Å². The number of rotatable bonds is 5. The molecule has 0 heterocycles. The maximum atomic E-state index is 9.21. The molecule has 4 heteroatoms. The van der Waals surface area contributed by atoms with Gasteiger partial charge in [0.05, 0.1) is 23.8 Å². The lowest BCUT2D eigenvalue weighted by molar-refractivity contribution is 0.195. The van der Waals surface area contributed by atoms with Gasteiger partial charge in [-0.15, -0.1) is 0 Å². The average Bonchev–Trinajstić information content (AvgIpc) is 2.86. The first kappa shape index (κ1) is 13.7. The van der Waals surface area contributed by atoms with E-state index in [1.165, 1.54) is 12.8 Å². The molecule has 0 bridgehead atoms. The molecular weight excluding hydrogens is 296 g/mol. The Kier molecular flexibility index (Phi) is 4.89. The van der Waals surface area contributed by atoms with E-state index in [0.717, 1.165) is 28.6 Å². The Morgan fingerprint density at radius 3 is 2.67 bits per heavy atom. The molecule has 1 aliphatic rings. The van der Waals surface area contributed by atoms with Crippen LogP contribution < -0.4 is 9.47 Å². The minimum atomic E-state index is 0.00236. The van der Waals surface area contributed by atoms with E-state index in [9.17, 15) is 5.11 Å². The van der Waals surface area contributed by atoms with E-state index in [1.807, 2.05) is 19.1 Å². The Hall–Kier alpha value is -0.740. The van der Waals surface area contributed by atoms with Gasteiger partial charge < -0.3 is 14.6 Å². The van der Waals surface area contributed by atoms with Crippen LogP contribution in [-0.2, 0) is 6.61 Å². The molecule has 18 heavy (non-hydrogen) atoms. The van der Waals surface area contributed by atoms with E-state index in [2.05, 4.69) is 15.9 Å². The number of benzene rings is 1. The van der Waals surface area contributed by atoms with Crippen LogP contribution in [0, 0.1) is 0 Å². The van der Waals surface area contributed by atoms with E-state index >= 15 is 0 Å². The fraction of sp³-hybridized carbons (Fsp3) is 0.571. The van der Waals surface area contributed by atoms with Crippen LogP contribution in [0.4, 0.5) is 0 Å². The van der Waals surface area contributed by atoms with Gasteiger partial charge in [-0.25, -0.2) is 0 Å². The van der Waals surface area contributed by atoms with Crippen molar-refractivity contribution in [2.24, 2.45) is 0 Å². The third-order valence-electron chi connectivity index (χ3n) is 3.14. The van der Waals surface area contributed by atoms with Crippen molar-refractivity contribution in [1.82, 2.24) is 0 Å². The first-order valence-corrected chi connectivity index (χ1v) is 7.26. The minimum absolute atomic E-state index is 0.00236. The van der Waals surface area contributed by atoms with Crippen molar-refractivity contribution in [3.05, 3.63) is 22.2 Å². The van der Waals surface area contributed by atoms with Crippen LogP contribution in [0.15, 0.2) is 16.6 Å². The fourth-order valence-corrected chi connectivity index (χ4v) is 2.85. The predicted molar refractivity (Wildman–Crippen MR) is 74.1 cm³/mol. The highest BCUT2D eigenvalue weighted by Crippen LogP contribution is 2.39. The van der Waals surface area contributed by atoms with Crippen LogP contribution in [0.5, 0.6) is 11.5 Å². The predicted octanol–water partition coefficient (Wildman–Crippen LogP) is 3.66. The first-order chi connectivity index (χ1) is 8.74. The van der Waals surface area contributed by atoms with E-state index in [0.29, 0.717) is 18.5 Å². The van der Waals surface area contributed by atoms with Gasteiger partial charge in [-0.1, -0.05) is 0 Å². The van der Waals surface area contributed by atoms with E-state index < -0.39 is 0 Å². The molecule has 1 fully saturated rings. The molecular formula is C14H19BrO3. The molecule has 0 atom stereocenters. The Morgan fingerprint density at radius 1 is 1.33 bits per heavy atom. The molecule has 0 radical (unpaired) electrons. The van der Waals surface area contributed by atoms with Crippen LogP contribution in [-0.4, -0.2) is 17.8 Å². The van der Waals surface area contributed by atoms with Crippen molar-refractivity contribution in [3.63, 3.8) is 0 Å². The smallest absolute Gasteiger partial charge is 0.175 e. The number of aliphatic hydroxyl groups is 1. The van der Waals surface area contributed by atoms with Crippen molar-refractivity contribution >= 4 is 15.9 Å². The summed E-state index contributed by atoms with van der Waals surface area (Å²) in [5.41, 5.74) is 0.823. The van der Waals surface area contributed by atoms with Crippen LogP contribution in [0.1, 0.15) is 38.2 Å². The van der Waals surface area contributed by atoms with Gasteiger partial charge in [0.15, 0.2) is 11.5 Å². The lowest BCUT2D eigenvalue weighted by Crippen LogP contribution is -2.12. The Bertz CT molecular complexity index is 400. The second-order valence-electron chi connectivity index (χ2n) is 4.52. The molecule has 0 spiro atoms. The number of halogens is 1. The molecule has 1 saturated carbocycles. The van der Waals surface area contributed by atoms with Gasteiger partial charge >= 0.3 is 0 Å². The van der Waals surface area contributed by atoms with Gasteiger partial charge in [-0.05, 0) is 66.2 Å². The SMILES string of the molecule is CCOc1cc(CO)cc(Br)c1OC1CCCC1. The summed E-state index contributed by atoms with van der Waals surface area (Å²) in [6.45, 7) is 2.53. The van der Waals surface area contributed by atoms with Crippen molar-refractivity contribution in [1.29, 1.82) is 0 Å². The van der Waals surface area contributed by atoms with Gasteiger partial charge in [0, 0.05) is 0 Å². The highest BCUT2D eigenvalue weighted by atomic mass is 79.9. The van der Waals surface area contributed by atoms with Gasteiger partial charge in [0.25, 0.3) is 0 Å². The van der Waals surface area contributed by atoms with Crippen molar-refractivity contribution in [2.45, 2.75) is 45.3 Å². The summed E-state index contributed by atoms with van der Waals surface area (Å²) >= 11 is 3.50. The Balaban J connectivity index is 2.24. The van der Waals surface area contributed by atoms with Crippen LogP contribution in [0.2, 0.25) is 0 Å². The van der Waals surface area contributed by atoms with Crippen LogP contribution in [0.25, 0.3) is 0 Å². The number of aliphatic hydroxyl groups excluding tert-OH is 1. The fourth-order valence-electron chi connectivity index (χ4n) is 2.26. The standard InChI is InChI=1S/C14H19BrO3/c1-2-17-13-8-10(9-16)7-12(15)14(13)18-11-5-3-4-6-11/h7-8,11,16H,2-6,9H2,1H3. The maximum Gasteiger partial charge on any atom is 0.175 e. The molecule has 1 aliphatic carbocycles. The highest BCUT2D eigenvalue weighted by molar-refractivity contribution is 9.10. The molecule has 0 aromatic heterocycles. The maximum absolute atomic E-state index is 9.21.